The van der Waals surface area contributed by atoms with E-state index in [2.05, 4.69) is 5.32 Å². The van der Waals surface area contributed by atoms with E-state index in [4.69, 9.17) is 22.1 Å². The minimum atomic E-state index is -0.577. The summed E-state index contributed by atoms with van der Waals surface area (Å²) < 4.78 is 5.49. The molecular weight excluding hydrogens is 342 g/mol. The molecular formula is C18H28ClN3O3. The number of nitrogens with two attached hydrogens (primary N) is 1. The largest absolute Gasteiger partial charge is 0.482 e. The topological polar surface area (TPSA) is 84.7 Å². The zero-order valence-corrected chi connectivity index (χ0v) is 16.1. The highest BCUT2D eigenvalue weighted by Crippen LogP contribution is 2.28. The minimum Gasteiger partial charge on any atom is -0.482 e. The van der Waals surface area contributed by atoms with Gasteiger partial charge in [-0.3, -0.25) is 9.59 Å². The lowest BCUT2D eigenvalue weighted by Gasteiger charge is -2.19. The summed E-state index contributed by atoms with van der Waals surface area (Å²) in [7, 11) is 0. The number of nitrogens with zero attached hydrogens (tertiary/aromatic N) is 1. The number of benzene rings is 1. The summed E-state index contributed by atoms with van der Waals surface area (Å²) >= 11 is 6.18. The van der Waals surface area contributed by atoms with E-state index in [1.807, 2.05) is 27.7 Å². The quantitative estimate of drug-likeness (QED) is 0.700. The molecule has 0 radical (unpaired) electrons. The lowest BCUT2D eigenvalue weighted by molar-refractivity contribution is -0.133. The second kappa shape index (κ2) is 10.3. The molecule has 2 amide bonds. The van der Waals surface area contributed by atoms with E-state index in [1.165, 1.54) is 0 Å². The van der Waals surface area contributed by atoms with Crippen LogP contribution in [0.4, 0.5) is 5.69 Å². The van der Waals surface area contributed by atoms with Crippen molar-refractivity contribution in [2.24, 2.45) is 11.7 Å². The molecule has 25 heavy (non-hydrogen) atoms. The summed E-state index contributed by atoms with van der Waals surface area (Å²) in [5.74, 6) is 0.129. The smallest absolute Gasteiger partial charge is 0.260 e. The summed E-state index contributed by atoms with van der Waals surface area (Å²) in [5, 5.41) is 3.07. The first-order valence-electron chi connectivity index (χ1n) is 8.60. The van der Waals surface area contributed by atoms with Crippen LogP contribution in [0.25, 0.3) is 0 Å². The molecule has 0 saturated carbocycles. The van der Waals surface area contributed by atoms with E-state index in [-0.39, 0.29) is 24.3 Å². The van der Waals surface area contributed by atoms with Gasteiger partial charge in [-0.15, -0.1) is 0 Å². The molecule has 3 N–H and O–H groups in total. The summed E-state index contributed by atoms with van der Waals surface area (Å²) in [5.41, 5.74) is 6.45. The molecule has 0 heterocycles. The fraction of sp³-hybridized carbons (Fsp3) is 0.556. The molecule has 0 fully saturated rings. The van der Waals surface area contributed by atoms with Crippen LogP contribution in [0.15, 0.2) is 18.2 Å². The Hall–Kier alpha value is -1.79. The first-order valence-corrected chi connectivity index (χ1v) is 8.98. The van der Waals surface area contributed by atoms with Gasteiger partial charge >= 0.3 is 0 Å². The van der Waals surface area contributed by atoms with Gasteiger partial charge in [-0.25, -0.2) is 0 Å². The van der Waals surface area contributed by atoms with Crippen LogP contribution in [0.5, 0.6) is 5.75 Å². The van der Waals surface area contributed by atoms with Gasteiger partial charge in [0.25, 0.3) is 5.91 Å². The second-order valence-corrected chi connectivity index (χ2v) is 6.31. The lowest BCUT2D eigenvalue weighted by Crippen LogP contribution is -2.40. The summed E-state index contributed by atoms with van der Waals surface area (Å²) in [6, 6.07) is 4.30. The maximum absolute atomic E-state index is 12.1. The Morgan fingerprint density at radius 1 is 1.28 bits per heavy atom. The molecule has 0 aliphatic rings. The second-order valence-electron chi connectivity index (χ2n) is 5.90. The summed E-state index contributed by atoms with van der Waals surface area (Å²) in [6.45, 7) is 8.93. The van der Waals surface area contributed by atoms with Gasteiger partial charge in [-0.2, -0.15) is 0 Å². The highest BCUT2D eigenvalue weighted by molar-refractivity contribution is 6.32. The average molecular weight is 370 g/mol. The number of carbonyl (C=O) groups excluding carboxylic acids is 2. The van der Waals surface area contributed by atoms with Crippen LogP contribution < -0.4 is 15.8 Å². The molecule has 1 rings (SSSR count). The Balaban J connectivity index is 2.68. The van der Waals surface area contributed by atoms with E-state index in [9.17, 15) is 9.59 Å². The van der Waals surface area contributed by atoms with E-state index in [1.54, 1.807) is 23.1 Å². The zero-order valence-electron chi connectivity index (χ0n) is 15.3. The molecule has 0 bridgehead atoms. The number of hydrogen-bond donors (Lipinski definition) is 2. The molecule has 0 aliphatic heterocycles. The molecule has 6 nitrogen and oxygen atoms in total. The van der Waals surface area contributed by atoms with E-state index in [0.717, 1.165) is 6.42 Å². The van der Waals surface area contributed by atoms with Crippen LogP contribution in [0.2, 0.25) is 5.02 Å². The van der Waals surface area contributed by atoms with Crippen molar-refractivity contribution in [3.63, 3.8) is 0 Å². The Labute approximate surface area is 154 Å². The molecule has 1 aromatic rings. The summed E-state index contributed by atoms with van der Waals surface area (Å²) in [6.07, 6.45) is 0.822. The van der Waals surface area contributed by atoms with Crippen LogP contribution in [-0.2, 0) is 9.59 Å². The van der Waals surface area contributed by atoms with Gasteiger partial charge in [0.1, 0.15) is 5.75 Å². The molecule has 1 aromatic carbocycles. The van der Waals surface area contributed by atoms with Crippen molar-refractivity contribution in [2.45, 2.75) is 40.2 Å². The SMILES string of the molecule is CCC(C)C(N)C(=O)Nc1ccc(OCC(=O)N(CC)CC)c(Cl)c1. The van der Waals surface area contributed by atoms with Crippen LogP contribution >= 0.6 is 11.6 Å². The number of anilines is 1. The third-order valence-corrected chi connectivity index (χ3v) is 4.52. The fourth-order valence-corrected chi connectivity index (χ4v) is 2.48. The predicted molar refractivity (Wildman–Crippen MR) is 101 cm³/mol. The molecule has 2 unspecified atom stereocenters. The fourth-order valence-electron chi connectivity index (χ4n) is 2.24. The van der Waals surface area contributed by atoms with Crippen LogP contribution in [0.3, 0.4) is 0 Å². The third-order valence-electron chi connectivity index (χ3n) is 4.23. The average Bonchev–Trinajstić information content (AvgIpc) is 2.60. The highest BCUT2D eigenvalue weighted by atomic mass is 35.5. The van der Waals surface area contributed by atoms with Gasteiger partial charge in [0, 0.05) is 18.8 Å². The van der Waals surface area contributed by atoms with Gasteiger partial charge in [-0.05, 0) is 38.0 Å². The van der Waals surface area contributed by atoms with Crippen LogP contribution in [-0.4, -0.2) is 42.5 Å². The van der Waals surface area contributed by atoms with Crippen LogP contribution in [0.1, 0.15) is 34.1 Å². The van der Waals surface area contributed by atoms with Gasteiger partial charge < -0.3 is 20.7 Å². The van der Waals surface area contributed by atoms with Crippen LogP contribution in [0, 0.1) is 5.92 Å². The number of carbonyl (C=O) groups is 2. The van der Waals surface area contributed by atoms with Gasteiger partial charge in [0.15, 0.2) is 6.61 Å². The number of nitrogens with one attached hydrogen (secondary N) is 1. The zero-order chi connectivity index (χ0) is 19.0. The highest BCUT2D eigenvalue weighted by Gasteiger charge is 2.20. The van der Waals surface area contributed by atoms with E-state index >= 15 is 0 Å². The van der Waals surface area contributed by atoms with Crippen molar-refractivity contribution >= 4 is 29.1 Å². The third kappa shape index (κ3) is 6.21. The number of amides is 2. The normalized spacial score (nSPS) is 13.0. The number of rotatable bonds is 9. The Morgan fingerprint density at radius 2 is 1.92 bits per heavy atom. The van der Waals surface area contributed by atoms with E-state index in [0.29, 0.717) is 29.5 Å². The maximum Gasteiger partial charge on any atom is 0.260 e. The van der Waals surface area contributed by atoms with E-state index < -0.39 is 6.04 Å². The molecule has 0 spiro atoms. The van der Waals surface area contributed by atoms with Crippen molar-refractivity contribution in [3.05, 3.63) is 23.2 Å². The monoisotopic (exact) mass is 369 g/mol. The first kappa shape index (κ1) is 21.3. The number of halogens is 1. The molecule has 7 heteroatoms. The Kier molecular flexibility index (Phi) is 8.72. The predicted octanol–water partition coefficient (Wildman–Crippen LogP) is 2.90. The van der Waals surface area contributed by atoms with Crippen molar-refractivity contribution in [3.8, 4) is 5.75 Å². The minimum absolute atomic E-state index is 0.0774. The number of hydrogen-bond acceptors (Lipinski definition) is 4. The Morgan fingerprint density at radius 3 is 2.44 bits per heavy atom. The summed E-state index contributed by atoms with van der Waals surface area (Å²) in [4.78, 5) is 25.7. The van der Waals surface area contributed by atoms with Gasteiger partial charge in [0.2, 0.25) is 5.91 Å². The standard InChI is InChI=1S/C18H28ClN3O3/c1-5-12(4)17(20)18(24)21-13-8-9-15(14(19)10-13)25-11-16(23)22(6-2)7-3/h8-10,12,17H,5-7,11,20H2,1-4H3,(H,21,24). The molecule has 140 valence electrons. The van der Waals surface area contributed by atoms with Crippen molar-refractivity contribution in [2.75, 3.05) is 25.0 Å². The lowest BCUT2D eigenvalue weighted by atomic mass is 9.99. The van der Waals surface area contributed by atoms with Crippen molar-refractivity contribution < 1.29 is 14.3 Å². The van der Waals surface area contributed by atoms with Crippen molar-refractivity contribution in [1.29, 1.82) is 0 Å². The van der Waals surface area contributed by atoms with Gasteiger partial charge in [-0.1, -0.05) is 31.9 Å². The molecule has 2 atom stereocenters. The maximum atomic E-state index is 12.1. The molecule has 0 aliphatic carbocycles. The van der Waals surface area contributed by atoms with Crippen molar-refractivity contribution in [1.82, 2.24) is 4.90 Å². The first-order chi connectivity index (χ1) is 11.8. The number of ether oxygens (including phenoxy) is 1. The molecule has 0 aromatic heterocycles. The Bertz CT molecular complexity index is 591. The molecule has 0 saturated heterocycles. The number of likely N-dealkylation sites (N-methyl/N-ethyl adjacent to an activating group) is 1. The van der Waals surface area contributed by atoms with Gasteiger partial charge in [0.05, 0.1) is 11.1 Å².